The van der Waals surface area contributed by atoms with Crippen LogP contribution in [0.2, 0.25) is 0 Å². The van der Waals surface area contributed by atoms with Gasteiger partial charge < -0.3 is 16.0 Å². The molecule has 1 rings (SSSR count). The second-order valence-corrected chi connectivity index (χ2v) is 3.28. The predicted octanol–water partition coefficient (Wildman–Crippen LogP) is -0.170. The molecule has 0 spiro atoms. The van der Waals surface area contributed by atoms with Crippen LogP contribution in [0.15, 0.2) is 12.3 Å². The second kappa shape index (κ2) is 5.14. The first-order valence-electron chi connectivity index (χ1n) is 4.62. The van der Waals surface area contributed by atoms with E-state index in [1.54, 1.807) is 17.2 Å². The van der Waals surface area contributed by atoms with Crippen LogP contribution in [0.25, 0.3) is 0 Å². The second-order valence-electron chi connectivity index (χ2n) is 3.28. The molecule has 6 heteroatoms. The number of nitrogens with one attached hydrogen (secondary N) is 1. The Morgan fingerprint density at radius 1 is 1.60 bits per heavy atom. The van der Waals surface area contributed by atoms with Gasteiger partial charge in [0.15, 0.2) is 0 Å². The van der Waals surface area contributed by atoms with E-state index in [2.05, 4.69) is 15.3 Å². The highest BCUT2D eigenvalue weighted by Crippen LogP contribution is 2.07. The Bertz CT molecular complexity index is 339. The Kier molecular flexibility index (Phi) is 3.84. The van der Waals surface area contributed by atoms with E-state index in [1.165, 1.54) is 0 Å². The first kappa shape index (κ1) is 11.2. The summed E-state index contributed by atoms with van der Waals surface area (Å²) in [6.45, 7) is 0.485. The lowest BCUT2D eigenvalue weighted by atomic mass is 10.4. The van der Waals surface area contributed by atoms with E-state index >= 15 is 0 Å². The monoisotopic (exact) mass is 209 g/mol. The number of hydrogen-bond acceptors (Lipinski definition) is 5. The van der Waals surface area contributed by atoms with Crippen molar-refractivity contribution in [3.8, 4) is 0 Å². The molecular weight excluding hydrogens is 194 g/mol. The lowest BCUT2D eigenvalue weighted by molar-refractivity contribution is -0.117. The lowest BCUT2D eigenvalue weighted by Crippen LogP contribution is -2.17. The summed E-state index contributed by atoms with van der Waals surface area (Å²) in [6, 6.07) is 1.74. The Morgan fingerprint density at radius 2 is 2.33 bits per heavy atom. The van der Waals surface area contributed by atoms with E-state index < -0.39 is 0 Å². The third kappa shape index (κ3) is 3.80. The van der Waals surface area contributed by atoms with Crippen LogP contribution in [0.1, 0.15) is 6.42 Å². The summed E-state index contributed by atoms with van der Waals surface area (Å²) >= 11 is 0. The molecule has 3 N–H and O–H groups in total. The zero-order valence-electron chi connectivity index (χ0n) is 8.90. The van der Waals surface area contributed by atoms with E-state index in [0.29, 0.717) is 24.7 Å². The minimum atomic E-state index is -0.329. The molecule has 0 saturated heterocycles. The van der Waals surface area contributed by atoms with Crippen LogP contribution in [0, 0.1) is 0 Å². The van der Waals surface area contributed by atoms with Crippen molar-refractivity contribution in [1.29, 1.82) is 0 Å². The van der Waals surface area contributed by atoms with Crippen molar-refractivity contribution in [1.82, 2.24) is 9.97 Å². The third-order valence-corrected chi connectivity index (χ3v) is 1.72. The fourth-order valence-electron chi connectivity index (χ4n) is 0.976. The number of aromatic nitrogens is 2. The summed E-state index contributed by atoms with van der Waals surface area (Å²) in [5.74, 6) is 0.985. The molecule has 0 aliphatic heterocycles. The van der Waals surface area contributed by atoms with Gasteiger partial charge in [-0.25, -0.2) is 4.98 Å². The number of rotatable bonds is 5. The van der Waals surface area contributed by atoms with Crippen molar-refractivity contribution in [3.05, 3.63) is 12.3 Å². The fourth-order valence-corrected chi connectivity index (χ4v) is 0.976. The minimum Gasteiger partial charge on any atom is -0.370 e. The van der Waals surface area contributed by atoms with Gasteiger partial charge in [-0.3, -0.25) is 4.79 Å². The SMILES string of the molecule is CN(C)c1nccc(NCCC(N)=O)n1. The van der Waals surface area contributed by atoms with Crippen molar-refractivity contribution in [2.45, 2.75) is 6.42 Å². The molecule has 0 unspecified atom stereocenters. The van der Waals surface area contributed by atoms with E-state index in [4.69, 9.17) is 5.73 Å². The number of amides is 1. The largest absolute Gasteiger partial charge is 0.370 e. The summed E-state index contributed by atoms with van der Waals surface area (Å²) in [6.07, 6.45) is 1.95. The zero-order valence-corrected chi connectivity index (χ0v) is 8.90. The summed E-state index contributed by atoms with van der Waals surface area (Å²) in [4.78, 5) is 20.6. The van der Waals surface area contributed by atoms with Gasteiger partial charge in [-0.15, -0.1) is 0 Å². The summed E-state index contributed by atoms with van der Waals surface area (Å²) in [7, 11) is 3.73. The molecular formula is C9H15N5O. The molecule has 1 aromatic heterocycles. The number of nitrogens with two attached hydrogens (primary N) is 1. The zero-order chi connectivity index (χ0) is 11.3. The highest BCUT2D eigenvalue weighted by Gasteiger charge is 2.00. The molecule has 0 aliphatic rings. The van der Waals surface area contributed by atoms with Crippen LogP contribution >= 0.6 is 0 Å². The van der Waals surface area contributed by atoms with Crippen molar-refractivity contribution in [3.63, 3.8) is 0 Å². The van der Waals surface area contributed by atoms with Gasteiger partial charge in [0, 0.05) is 33.3 Å². The van der Waals surface area contributed by atoms with Crippen LogP contribution in [-0.2, 0) is 4.79 Å². The van der Waals surface area contributed by atoms with Gasteiger partial charge in [0.05, 0.1) is 0 Å². The minimum absolute atomic E-state index is 0.293. The number of carbonyl (C=O) groups is 1. The summed E-state index contributed by atoms with van der Waals surface area (Å²) in [5, 5.41) is 2.99. The summed E-state index contributed by atoms with van der Waals surface area (Å²) in [5.41, 5.74) is 5.01. The molecule has 82 valence electrons. The highest BCUT2D eigenvalue weighted by atomic mass is 16.1. The Balaban J connectivity index is 2.54. The summed E-state index contributed by atoms with van der Waals surface area (Å²) < 4.78 is 0. The van der Waals surface area contributed by atoms with E-state index in [-0.39, 0.29) is 5.91 Å². The molecule has 0 aliphatic carbocycles. The molecule has 0 bridgehead atoms. The van der Waals surface area contributed by atoms with Gasteiger partial charge in [0.2, 0.25) is 11.9 Å². The van der Waals surface area contributed by atoms with Gasteiger partial charge >= 0.3 is 0 Å². The van der Waals surface area contributed by atoms with Crippen LogP contribution in [0.3, 0.4) is 0 Å². The highest BCUT2D eigenvalue weighted by molar-refractivity contribution is 5.74. The average Bonchev–Trinajstić information content (AvgIpc) is 2.17. The standard InChI is InChI=1S/C9H15N5O/c1-14(2)9-12-6-4-8(13-9)11-5-3-7(10)15/h4,6H,3,5H2,1-2H3,(H2,10,15)(H,11,12,13). The topological polar surface area (TPSA) is 84.1 Å². The first-order valence-corrected chi connectivity index (χ1v) is 4.62. The van der Waals surface area contributed by atoms with Gasteiger partial charge in [-0.05, 0) is 6.07 Å². The predicted molar refractivity (Wildman–Crippen MR) is 58.7 cm³/mol. The maximum absolute atomic E-state index is 10.5. The number of nitrogens with zero attached hydrogens (tertiary/aromatic N) is 3. The molecule has 0 aromatic carbocycles. The van der Waals surface area contributed by atoms with Crippen molar-refractivity contribution in [2.24, 2.45) is 5.73 Å². The maximum Gasteiger partial charge on any atom is 0.226 e. The van der Waals surface area contributed by atoms with E-state index in [0.717, 1.165) is 0 Å². The van der Waals surface area contributed by atoms with Gasteiger partial charge in [0.25, 0.3) is 0 Å². The maximum atomic E-state index is 10.5. The molecule has 6 nitrogen and oxygen atoms in total. The normalized spacial score (nSPS) is 9.73. The number of anilines is 2. The smallest absolute Gasteiger partial charge is 0.226 e. The van der Waals surface area contributed by atoms with Crippen molar-refractivity contribution < 1.29 is 4.79 Å². The number of hydrogen-bond donors (Lipinski definition) is 2. The molecule has 0 radical (unpaired) electrons. The van der Waals surface area contributed by atoms with Crippen molar-refractivity contribution in [2.75, 3.05) is 30.9 Å². The van der Waals surface area contributed by atoms with Crippen LogP contribution in [-0.4, -0.2) is 36.5 Å². The first-order chi connectivity index (χ1) is 7.09. The molecule has 1 heterocycles. The van der Waals surface area contributed by atoms with Gasteiger partial charge in [-0.1, -0.05) is 0 Å². The molecule has 15 heavy (non-hydrogen) atoms. The third-order valence-electron chi connectivity index (χ3n) is 1.72. The quantitative estimate of drug-likeness (QED) is 0.703. The van der Waals surface area contributed by atoms with E-state index in [9.17, 15) is 4.79 Å². The van der Waals surface area contributed by atoms with Crippen LogP contribution < -0.4 is 16.0 Å². The Morgan fingerprint density at radius 3 is 2.93 bits per heavy atom. The molecule has 1 amide bonds. The lowest BCUT2D eigenvalue weighted by Gasteiger charge is -2.11. The van der Waals surface area contributed by atoms with E-state index in [1.807, 2.05) is 14.1 Å². The number of carbonyl (C=O) groups excluding carboxylic acids is 1. The molecule has 0 saturated carbocycles. The Labute approximate surface area is 88.5 Å². The molecule has 0 atom stereocenters. The van der Waals surface area contributed by atoms with Crippen molar-refractivity contribution >= 4 is 17.7 Å². The van der Waals surface area contributed by atoms with Gasteiger partial charge in [-0.2, -0.15) is 4.98 Å². The Hall–Kier alpha value is -1.85. The molecule has 0 fully saturated rings. The van der Waals surface area contributed by atoms with Crippen LogP contribution in [0.5, 0.6) is 0 Å². The van der Waals surface area contributed by atoms with Gasteiger partial charge in [0.1, 0.15) is 5.82 Å². The molecule has 1 aromatic rings. The fraction of sp³-hybridized carbons (Fsp3) is 0.444. The average molecular weight is 209 g/mol. The number of primary amides is 1. The van der Waals surface area contributed by atoms with Crippen LogP contribution in [0.4, 0.5) is 11.8 Å².